The third-order valence-corrected chi connectivity index (χ3v) is 6.92. The van der Waals surface area contributed by atoms with Crippen molar-refractivity contribution in [2.24, 2.45) is 0 Å². The topological polar surface area (TPSA) is 72.7 Å². The molecule has 7 heteroatoms. The maximum Gasteiger partial charge on any atom is 0.230 e. The molecule has 1 N–H and O–H groups in total. The summed E-state index contributed by atoms with van der Waals surface area (Å²) in [6.45, 7) is 2.81. The summed E-state index contributed by atoms with van der Waals surface area (Å²) in [4.78, 5) is 17.2. The van der Waals surface area contributed by atoms with Crippen LogP contribution in [0, 0.1) is 6.92 Å². The summed E-state index contributed by atoms with van der Waals surface area (Å²) in [5.74, 6) is 0.354. The molecule has 0 unspecified atom stereocenters. The first-order valence-electron chi connectivity index (χ1n) is 11.3. The van der Waals surface area contributed by atoms with Gasteiger partial charge in [-0.2, -0.15) is 0 Å². The summed E-state index contributed by atoms with van der Waals surface area (Å²) >= 11 is 1.35. The van der Waals surface area contributed by atoms with E-state index in [0.717, 1.165) is 34.9 Å². The molecule has 4 aromatic rings. The van der Waals surface area contributed by atoms with Crippen molar-refractivity contribution in [2.75, 3.05) is 5.75 Å². The first-order chi connectivity index (χ1) is 15.7. The highest BCUT2D eigenvalue weighted by Gasteiger charge is 2.18. The third kappa shape index (κ3) is 4.48. The van der Waals surface area contributed by atoms with Crippen molar-refractivity contribution in [3.8, 4) is 0 Å². The molecular formula is C25H27N5OS. The number of carbonyl (C=O) groups excluding carboxylic acids is 1. The Morgan fingerprint density at radius 3 is 2.78 bits per heavy atom. The van der Waals surface area contributed by atoms with E-state index in [1.807, 2.05) is 12.1 Å². The Hall–Kier alpha value is -2.93. The monoisotopic (exact) mass is 445 g/mol. The number of carbonyl (C=O) groups is 1. The molecular weight excluding hydrogens is 418 g/mol. The molecule has 0 bridgehead atoms. The summed E-state index contributed by atoms with van der Waals surface area (Å²) in [5.41, 5.74) is 5.13. The van der Waals surface area contributed by atoms with Crippen LogP contribution in [0.4, 0.5) is 0 Å². The van der Waals surface area contributed by atoms with E-state index in [1.165, 1.54) is 42.2 Å². The van der Waals surface area contributed by atoms with Gasteiger partial charge in [-0.25, -0.2) is 4.98 Å². The molecule has 6 nitrogen and oxygen atoms in total. The number of rotatable bonds is 6. The molecule has 0 aliphatic heterocycles. The first kappa shape index (κ1) is 20.9. The minimum atomic E-state index is 0.0471. The quantitative estimate of drug-likeness (QED) is 0.428. The predicted octanol–water partition coefficient (Wildman–Crippen LogP) is 4.88. The molecule has 2 aromatic carbocycles. The lowest BCUT2D eigenvalue weighted by Gasteiger charge is -2.22. The van der Waals surface area contributed by atoms with Gasteiger partial charge >= 0.3 is 0 Å². The average Bonchev–Trinajstić information content (AvgIpc) is 3.11. The highest BCUT2D eigenvalue weighted by Crippen LogP contribution is 2.28. The first-order valence-corrected chi connectivity index (χ1v) is 12.3. The molecule has 164 valence electrons. The Balaban J connectivity index is 1.41. The van der Waals surface area contributed by atoms with Gasteiger partial charge in [-0.1, -0.05) is 79.1 Å². The largest absolute Gasteiger partial charge is 0.353 e. The Bertz CT molecular complexity index is 1260. The van der Waals surface area contributed by atoms with Crippen molar-refractivity contribution in [3.63, 3.8) is 0 Å². The number of para-hydroxylation sites is 1. The van der Waals surface area contributed by atoms with E-state index in [9.17, 15) is 4.79 Å². The zero-order valence-corrected chi connectivity index (χ0v) is 19.1. The highest BCUT2D eigenvalue weighted by molar-refractivity contribution is 7.99. The summed E-state index contributed by atoms with van der Waals surface area (Å²) < 4.78 is 2.19. The number of amides is 1. The Labute approximate surface area is 191 Å². The van der Waals surface area contributed by atoms with E-state index < -0.39 is 0 Å². The van der Waals surface area contributed by atoms with Gasteiger partial charge in [0.05, 0.1) is 11.3 Å². The third-order valence-electron chi connectivity index (χ3n) is 6.08. The van der Waals surface area contributed by atoms with Gasteiger partial charge < -0.3 is 9.88 Å². The van der Waals surface area contributed by atoms with Crippen LogP contribution in [0.15, 0.2) is 53.7 Å². The molecule has 0 saturated heterocycles. The molecule has 1 aliphatic carbocycles. The molecule has 2 aromatic heterocycles. The lowest BCUT2D eigenvalue weighted by Crippen LogP contribution is -2.37. The van der Waals surface area contributed by atoms with Crippen LogP contribution in [0.25, 0.3) is 22.1 Å². The van der Waals surface area contributed by atoms with Gasteiger partial charge in [0.1, 0.15) is 5.52 Å². The van der Waals surface area contributed by atoms with Crippen LogP contribution in [-0.2, 0) is 11.3 Å². The van der Waals surface area contributed by atoms with Crippen LogP contribution in [-0.4, -0.2) is 37.5 Å². The van der Waals surface area contributed by atoms with Gasteiger partial charge in [-0.15, -0.1) is 10.2 Å². The molecule has 32 heavy (non-hydrogen) atoms. The van der Waals surface area contributed by atoms with Gasteiger partial charge in [0, 0.05) is 18.0 Å². The molecule has 0 atom stereocenters. The summed E-state index contributed by atoms with van der Waals surface area (Å²) in [5, 5.41) is 13.5. The van der Waals surface area contributed by atoms with Crippen LogP contribution in [0.2, 0.25) is 0 Å². The fourth-order valence-electron chi connectivity index (χ4n) is 4.55. The van der Waals surface area contributed by atoms with Gasteiger partial charge in [0.15, 0.2) is 5.65 Å². The average molecular weight is 446 g/mol. The minimum absolute atomic E-state index is 0.0471. The number of hydrogen-bond donors (Lipinski definition) is 1. The van der Waals surface area contributed by atoms with E-state index >= 15 is 0 Å². The normalized spacial score (nSPS) is 14.8. The van der Waals surface area contributed by atoms with Gasteiger partial charge in [-0.05, 0) is 31.4 Å². The van der Waals surface area contributed by atoms with Crippen LogP contribution in [0.3, 0.4) is 0 Å². The summed E-state index contributed by atoms with van der Waals surface area (Å²) in [6.07, 6.45) is 5.84. The van der Waals surface area contributed by atoms with Crippen molar-refractivity contribution in [2.45, 2.75) is 56.8 Å². The SMILES string of the molecule is Cc1cccc(Cn2c3ccccc3c3nnc(SCC(=O)NC4CCCCC4)nc32)c1. The molecule has 1 amide bonds. The molecule has 1 fully saturated rings. The number of nitrogens with one attached hydrogen (secondary N) is 1. The lowest BCUT2D eigenvalue weighted by atomic mass is 9.95. The van der Waals surface area contributed by atoms with E-state index in [-0.39, 0.29) is 5.91 Å². The van der Waals surface area contributed by atoms with Gasteiger partial charge in [0.25, 0.3) is 0 Å². The fraction of sp³-hybridized carbons (Fsp3) is 0.360. The van der Waals surface area contributed by atoms with Crippen molar-refractivity contribution in [1.29, 1.82) is 0 Å². The van der Waals surface area contributed by atoms with E-state index in [0.29, 0.717) is 23.5 Å². The maximum absolute atomic E-state index is 12.4. The highest BCUT2D eigenvalue weighted by atomic mass is 32.2. The van der Waals surface area contributed by atoms with Crippen molar-refractivity contribution < 1.29 is 4.79 Å². The van der Waals surface area contributed by atoms with E-state index in [2.05, 4.69) is 63.4 Å². The Kier molecular flexibility index (Phi) is 6.08. The van der Waals surface area contributed by atoms with Crippen molar-refractivity contribution in [1.82, 2.24) is 25.1 Å². The predicted molar refractivity (Wildman–Crippen MR) is 129 cm³/mol. The van der Waals surface area contributed by atoms with Crippen LogP contribution in [0.1, 0.15) is 43.2 Å². The number of nitrogens with zero attached hydrogens (tertiary/aromatic N) is 4. The molecule has 1 saturated carbocycles. The van der Waals surface area contributed by atoms with Gasteiger partial charge in [-0.3, -0.25) is 4.79 Å². The number of benzene rings is 2. The number of aromatic nitrogens is 4. The second-order valence-electron chi connectivity index (χ2n) is 8.55. The van der Waals surface area contributed by atoms with Crippen LogP contribution >= 0.6 is 11.8 Å². The zero-order valence-electron chi connectivity index (χ0n) is 18.3. The number of thioether (sulfide) groups is 1. The van der Waals surface area contributed by atoms with E-state index in [1.54, 1.807) is 0 Å². The lowest BCUT2D eigenvalue weighted by molar-refractivity contribution is -0.119. The molecule has 1 aliphatic rings. The van der Waals surface area contributed by atoms with Crippen molar-refractivity contribution >= 4 is 39.7 Å². The minimum Gasteiger partial charge on any atom is -0.353 e. The van der Waals surface area contributed by atoms with Crippen LogP contribution < -0.4 is 5.32 Å². The molecule has 5 rings (SSSR count). The van der Waals surface area contributed by atoms with Crippen molar-refractivity contribution in [3.05, 3.63) is 59.7 Å². The molecule has 0 spiro atoms. The molecule has 0 radical (unpaired) electrons. The summed E-state index contributed by atoms with van der Waals surface area (Å²) in [7, 11) is 0. The maximum atomic E-state index is 12.4. The second kappa shape index (κ2) is 9.28. The smallest absolute Gasteiger partial charge is 0.230 e. The van der Waals surface area contributed by atoms with Crippen LogP contribution in [0.5, 0.6) is 0 Å². The zero-order chi connectivity index (χ0) is 21.9. The van der Waals surface area contributed by atoms with E-state index in [4.69, 9.17) is 4.98 Å². The van der Waals surface area contributed by atoms with Gasteiger partial charge in [0.2, 0.25) is 11.1 Å². The number of aryl methyl sites for hydroxylation is 1. The summed E-state index contributed by atoms with van der Waals surface area (Å²) in [6, 6.07) is 17.0. The fourth-order valence-corrected chi connectivity index (χ4v) is 5.14. The second-order valence-corrected chi connectivity index (χ2v) is 9.49. The standard InChI is InChI=1S/C25H27N5OS/c1-17-8-7-9-18(14-17)15-30-21-13-6-5-12-20(21)23-24(30)27-25(29-28-23)32-16-22(31)26-19-10-3-2-4-11-19/h5-9,12-14,19H,2-4,10-11,15-16H2,1H3,(H,26,31). The number of hydrogen-bond acceptors (Lipinski definition) is 5. The Morgan fingerprint density at radius 2 is 1.94 bits per heavy atom. The number of fused-ring (bicyclic) bond motifs is 3. The Morgan fingerprint density at radius 1 is 1.09 bits per heavy atom. The molecule has 2 heterocycles.